The lowest BCUT2D eigenvalue weighted by atomic mass is 9.81. The normalized spacial score (nSPS) is 13.9. The molecule has 0 fully saturated rings. The molecule has 1 aromatic carbocycles. The van der Waals surface area contributed by atoms with E-state index < -0.39 is 29.8 Å². The summed E-state index contributed by atoms with van der Waals surface area (Å²) in [6.45, 7) is 11.1. The Balaban J connectivity index is 3.28. The van der Waals surface area contributed by atoms with Crippen molar-refractivity contribution in [3.63, 3.8) is 0 Å². The first-order valence-corrected chi connectivity index (χ1v) is 10.7. The Bertz CT molecular complexity index is 733. The molecule has 3 atom stereocenters. The Morgan fingerprint density at radius 3 is 2.23 bits per heavy atom. The van der Waals surface area contributed by atoms with Gasteiger partial charge in [-0.1, -0.05) is 50.3 Å². The van der Waals surface area contributed by atoms with Crippen molar-refractivity contribution in [1.82, 2.24) is 10.4 Å². The van der Waals surface area contributed by atoms with Gasteiger partial charge < -0.3 is 9.64 Å². The Kier molecular flexibility index (Phi) is 11.0. The van der Waals surface area contributed by atoms with E-state index >= 15 is 0 Å². The number of hydrogen-bond acceptors (Lipinski definition) is 5. The lowest BCUT2D eigenvalue weighted by Crippen LogP contribution is -2.50. The van der Waals surface area contributed by atoms with Gasteiger partial charge >= 0.3 is 5.97 Å². The molecule has 0 aliphatic rings. The molecule has 0 spiro atoms. The Morgan fingerprint density at radius 1 is 1.13 bits per heavy atom. The van der Waals surface area contributed by atoms with E-state index in [2.05, 4.69) is 6.58 Å². The second-order valence-electron chi connectivity index (χ2n) is 8.48. The lowest BCUT2D eigenvalue weighted by molar-refractivity contribution is -0.159. The summed E-state index contributed by atoms with van der Waals surface area (Å²) in [4.78, 5) is 40.1. The van der Waals surface area contributed by atoms with Gasteiger partial charge in [-0.05, 0) is 38.2 Å². The summed E-state index contributed by atoms with van der Waals surface area (Å²) in [5, 5.41) is 9.19. The van der Waals surface area contributed by atoms with E-state index in [0.717, 1.165) is 5.56 Å². The molecule has 0 saturated heterocycles. The third-order valence-electron chi connectivity index (χ3n) is 5.11. The quantitative estimate of drug-likeness (QED) is 0.228. The van der Waals surface area contributed by atoms with E-state index in [1.54, 1.807) is 32.5 Å². The number of benzene rings is 1. The Morgan fingerprint density at radius 2 is 1.74 bits per heavy atom. The van der Waals surface area contributed by atoms with Crippen LogP contribution in [0.25, 0.3) is 0 Å². The van der Waals surface area contributed by atoms with Crippen LogP contribution >= 0.6 is 0 Å². The van der Waals surface area contributed by atoms with Crippen molar-refractivity contribution >= 4 is 17.8 Å². The third-order valence-corrected chi connectivity index (χ3v) is 5.11. The highest BCUT2D eigenvalue weighted by molar-refractivity contribution is 5.90. The molecule has 0 radical (unpaired) electrons. The van der Waals surface area contributed by atoms with Gasteiger partial charge in [-0.25, -0.2) is 10.3 Å². The van der Waals surface area contributed by atoms with Gasteiger partial charge in [0.2, 0.25) is 11.8 Å². The molecule has 0 aliphatic carbocycles. The molecule has 2 amide bonds. The molecule has 31 heavy (non-hydrogen) atoms. The van der Waals surface area contributed by atoms with E-state index in [-0.39, 0.29) is 24.3 Å². The number of hydroxylamine groups is 1. The monoisotopic (exact) mass is 432 g/mol. The standard InChI is InChI=1S/C24H36N2O5/c1-7-11-19(22(27)25-30)20(14-16(2)3)23(28)26(6)21(24(29)31-17(4)5)15-18-12-9-8-10-13-18/h7-10,12-13,16-17,19-21,30H,1,11,14-15H2,2-6H3,(H,25,27). The molecular weight excluding hydrogens is 396 g/mol. The van der Waals surface area contributed by atoms with E-state index in [1.807, 2.05) is 44.2 Å². The largest absolute Gasteiger partial charge is 0.461 e. The van der Waals surface area contributed by atoms with Crippen LogP contribution in [0.15, 0.2) is 43.0 Å². The number of ether oxygens (including phenoxy) is 1. The van der Waals surface area contributed by atoms with Crippen LogP contribution in [0.5, 0.6) is 0 Å². The number of rotatable bonds is 12. The summed E-state index contributed by atoms with van der Waals surface area (Å²) in [7, 11) is 1.56. The van der Waals surface area contributed by atoms with Gasteiger partial charge in [0.15, 0.2) is 0 Å². The number of hydrogen-bond donors (Lipinski definition) is 2. The predicted octanol–water partition coefficient (Wildman–Crippen LogP) is 3.37. The van der Waals surface area contributed by atoms with Crippen molar-refractivity contribution in [1.29, 1.82) is 0 Å². The minimum absolute atomic E-state index is 0.122. The van der Waals surface area contributed by atoms with Crippen LogP contribution in [-0.2, 0) is 25.5 Å². The van der Waals surface area contributed by atoms with Crippen molar-refractivity contribution in [3.8, 4) is 0 Å². The van der Waals surface area contributed by atoms with E-state index in [4.69, 9.17) is 4.74 Å². The van der Waals surface area contributed by atoms with E-state index in [1.165, 1.54) is 4.90 Å². The molecule has 0 heterocycles. The van der Waals surface area contributed by atoms with Crippen molar-refractivity contribution in [2.75, 3.05) is 7.05 Å². The molecule has 2 N–H and O–H groups in total. The number of nitrogens with zero attached hydrogens (tertiary/aromatic N) is 1. The average Bonchev–Trinajstić information content (AvgIpc) is 2.72. The van der Waals surface area contributed by atoms with Crippen LogP contribution in [-0.4, -0.2) is 47.1 Å². The second-order valence-corrected chi connectivity index (χ2v) is 8.48. The molecule has 0 saturated carbocycles. The van der Waals surface area contributed by atoms with Crippen molar-refractivity contribution in [3.05, 3.63) is 48.6 Å². The summed E-state index contributed by atoms with van der Waals surface area (Å²) < 4.78 is 5.43. The fourth-order valence-corrected chi connectivity index (χ4v) is 3.60. The molecule has 172 valence electrons. The second kappa shape index (κ2) is 12.9. The van der Waals surface area contributed by atoms with Crippen LogP contribution in [0.2, 0.25) is 0 Å². The van der Waals surface area contributed by atoms with Crippen LogP contribution < -0.4 is 5.48 Å². The summed E-state index contributed by atoms with van der Waals surface area (Å²) in [6, 6.07) is 8.56. The summed E-state index contributed by atoms with van der Waals surface area (Å²) >= 11 is 0. The molecule has 1 rings (SSSR count). The van der Waals surface area contributed by atoms with Crippen LogP contribution in [0.3, 0.4) is 0 Å². The lowest BCUT2D eigenvalue weighted by Gasteiger charge is -2.33. The first-order chi connectivity index (χ1) is 14.6. The van der Waals surface area contributed by atoms with Gasteiger partial charge in [-0.2, -0.15) is 0 Å². The smallest absolute Gasteiger partial charge is 0.329 e. The Hall–Kier alpha value is -2.67. The number of carbonyl (C=O) groups excluding carboxylic acids is 3. The van der Waals surface area contributed by atoms with Crippen molar-refractivity contribution in [2.24, 2.45) is 17.8 Å². The fourth-order valence-electron chi connectivity index (χ4n) is 3.60. The average molecular weight is 433 g/mol. The summed E-state index contributed by atoms with van der Waals surface area (Å²) in [6.07, 6.45) is 2.17. The van der Waals surface area contributed by atoms with Crippen LogP contribution in [0.4, 0.5) is 0 Å². The van der Waals surface area contributed by atoms with E-state index in [9.17, 15) is 19.6 Å². The minimum Gasteiger partial charge on any atom is -0.461 e. The van der Waals surface area contributed by atoms with Gasteiger partial charge in [0, 0.05) is 13.5 Å². The molecule has 1 aromatic rings. The highest BCUT2D eigenvalue weighted by atomic mass is 16.5. The van der Waals surface area contributed by atoms with Gasteiger partial charge in [0.1, 0.15) is 6.04 Å². The summed E-state index contributed by atoms with van der Waals surface area (Å²) in [5.74, 6) is -2.87. The molecule has 0 bridgehead atoms. The maximum absolute atomic E-state index is 13.6. The number of allylic oxidation sites excluding steroid dienone is 1. The van der Waals surface area contributed by atoms with Gasteiger partial charge in [-0.3, -0.25) is 14.8 Å². The number of esters is 1. The molecule has 0 aliphatic heterocycles. The highest BCUT2D eigenvalue weighted by Gasteiger charge is 2.38. The number of nitrogens with one attached hydrogen (secondary N) is 1. The third kappa shape index (κ3) is 8.17. The topological polar surface area (TPSA) is 95.9 Å². The molecule has 3 unspecified atom stereocenters. The number of carbonyl (C=O) groups is 3. The van der Waals surface area contributed by atoms with Crippen molar-refractivity contribution < 1.29 is 24.3 Å². The molecule has 0 aromatic heterocycles. The van der Waals surface area contributed by atoms with Crippen molar-refractivity contribution in [2.45, 2.75) is 59.1 Å². The maximum Gasteiger partial charge on any atom is 0.329 e. The first kappa shape index (κ1) is 26.4. The zero-order valence-corrected chi connectivity index (χ0v) is 19.2. The Labute approximate surface area is 185 Å². The zero-order chi connectivity index (χ0) is 23.6. The SMILES string of the molecule is C=CCC(C(=O)NO)C(CC(C)C)C(=O)N(C)C(Cc1ccccc1)C(=O)OC(C)C. The van der Waals surface area contributed by atoms with Crippen LogP contribution in [0.1, 0.15) is 46.1 Å². The molecular formula is C24H36N2O5. The first-order valence-electron chi connectivity index (χ1n) is 10.7. The highest BCUT2D eigenvalue weighted by Crippen LogP contribution is 2.27. The maximum atomic E-state index is 13.6. The minimum atomic E-state index is -0.839. The van der Waals surface area contributed by atoms with Crippen LogP contribution in [0, 0.1) is 17.8 Å². The fraction of sp³-hybridized carbons (Fsp3) is 0.542. The van der Waals surface area contributed by atoms with Gasteiger partial charge in [0.25, 0.3) is 0 Å². The molecule has 7 nitrogen and oxygen atoms in total. The van der Waals surface area contributed by atoms with E-state index in [0.29, 0.717) is 12.8 Å². The van der Waals surface area contributed by atoms with Gasteiger partial charge in [-0.15, -0.1) is 6.58 Å². The molecule has 7 heteroatoms. The number of amides is 2. The zero-order valence-electron chi connectivity index (χ0n) is 19.2. The summed E-state index contributed by atoms with van der Waals surface area (Å²) in [5.41, 5.74) is 2.56. The number of likely N-dealkylation sites (N-methyl/N-ethyl adjacent to an activating group) is 1. The predicted molar refractivity (Wildman–Crippen MR) is 119 cm³/mol. The van der Waals surface area contributed by atoms with Gasteiger partial charge in [0.05, 0.1) is 17.9 Å².